The van der Waals surface area contributed by atoms with Gasteiger partial charge in [0.25, 0.3) is 0 Å². The van der Waals surface area contributed by atoms with E-state index in [0.29, 0.717) is 5.00 Å². The molecule has 0 spiro atoms. The van der Waals surface area contributed by atoms with Crippen LogP contribution in [0.25, 0.3) is 0 Å². The van der Waals surface area contributed by atoms with Crippen LogP contribution in [0, 0.1) is 0 Å². The van der Waals surface area contributed by atoms with Crippen LogP contribution in [0.15, 0.2) is 11.4 Å². The lowest BCUT2D eigenvalue weighted by molar-refractivity contribution is -0.117. The Hall–Kier alpha value is -1.48. The van der Waals surface area contributed by atoms with Crippen molar-refractivity contribution in [3.63, 3.8) is 0 Å². The molecule has 1 atom stereocenters. The van der Waals surface area contributed by atoms with Crippen molar-refractivity contribution >= 4 is 38.4 Å². The van der Waals surface area contributed by atoms with E-state index in [2.05, 4.69) is 0 Å². The molecule has 1 unspecified atom stereocenters. The lowest BCUT2D eigenvalue weighted by Gasteiger charge is -2.15. The molecule has 9 heteroatoms. The van der Waals surface area contributed by atoms with E-state index in [-0.39, 0.29) is 18.7 Å². The first kappa shape index (κ1) is 14.9. The summed E-state index contributed by atoms with van der Waals surface area (Å²) < 4.78 is 39.6. The molecule has 1 aliphatic heterocycles. The standard InChI is InChI=1S/C11H12FNO5S2/c1-2-18-11(15)8-3-4-19-10(8)13-6-7(5-9(13)14)20(12,16)17/h3-4,7H,2,5-6H2,1H3. The number of ether oxygens (including phenoxy) is 1. The first-order valence-electron chi connectivity index (χ1n) is 5.83. The normalized spacial score (nSPS) is 19.4. The topological polar surface area (TPSA) is 80.8 Å². The van der Waals surface area contributed by atoms with E-state index in [0.717, 1.165) is 16.2 Å². The molecular weight excluding hydrogens is 309 g/mol. The molecule has 1 aliphatic rings. The zero-order valence-corrected chi connectivity index (χ0v) is 12.2. The van der Waals surface area contributed by atoms with Gasteiger partial charge in [-0.25, -0.2) is 4.79 Å². The molecule has 1 saturated heterocycles. The Bertz CT molecular complexity index is 639. The molecule has 20 heavy (non-hydrogen) atoms. The van der Waals surface area contributed by atoms with Crippen LogP contribution in [0.1, 0.15) is 23.7 Å². The van der Waals surface area contributed by atoms with E-state index in [9.17, 15) is 21.9 Å². The maximum absolute atomic E-state index is 13.0. The highest BCUT2D eigenvalue weighted by Gasteiger charge is 2.40. The zero-order chi connectivity index (χ0) is 14.9. The summed E-state index contributed by atoms with van der Waals surface area (Å²) in [5, 5.41) is 0.498. The van der Waals surface area contributed by atoms with Gasteiger partial charge in [0.1, 0.15) is 10.3 Å². The Kier molecular flexibility index (Phi) is 4.09. The number of anilines is 1. The van der Waals surface area contributed by atoms with Crippen LogP contribution in [-0.4, -0.2) is 38.7 Å². The number of halogens is 1. The summed E-state index contributed by atoms with van der Waals surface area (Å²) >= 11 is 1.10. The van der Waals surface area contributed by atoms with E-state index in [4.69, 9.17) is 4.74 Å². The Morgan fingerprint density at radius 2 is 2.30 bits per heavy atom. The second-order valence-electron chi connectivity index (χ2n) is 4.17. The molecule has 1 amide bonds. The average Bonchev–Trinajstić information content (AvgIpc) is 2.94. The SMILES string of the molecule is CCOC(=O)c1ccsc1N1CC(S(=O)(=O)F)CC1=O. The minimum Gasteiger partial charge on any atom is -0.462 e. The van der Waals surface area contributed by atoms with Gasteiger partial charge in [-0.15, -0.1) is 15.2 Å². The van der Waals surface area contributed by atoms with Crippen LogP contribution >= 0.6 is 11.3 Å². The van der Waals surface area contributed by atoms with Crippen molar-refractivity contribution in [2.24, 2.45) is 0 Å². The molecule has 2 heterocycles. The van der Waals surface area contributed by atoms with Crippen molar-refractivity contribution in [3.05, 3.63) is 17.0 Å². The Balaban J connectivity index is 2.28. The quantitative estimate of drug-likeness (QED) is 0.617. The smallest absolute Gasteiger partial charge is 0.341 e. The molecule has 0 radical (unpaired) electrons. The lowest BCUT2D eigenvalue weighted by Crippen LogP contribution is -2.27. The van der Waals surface area contributed by atoms with Crippen molar-refractivity contribution in [2.45, 2.75) is 18.6 Å². The maximum Gasteiger partial charge on any atom is 0.341 e. The molecule has 0 bridgehead atoms. The second kappa shape index (κ2) is 5.49. The molecule has 1 aromatic rings. The number of nitrogens with zero attached hydrogens (tertiary/aromatic N) is 1. The van der Waals surface area contributed by atoms with E-state index in [1.807, 2.05) is 0 Å². The largest absolute Gasteiger partial charge is 0.462 e. The van der Waals surface area contributed by atoms with E-state index < -0.39 is 33.8 Å². The summed E-state index contributed by atoms with van der Waals surface area (Å²) in [4.78, 5) is 24.7. The molecule has 1 aromatic heterocycles. The summed E-state index contributed by atoms with van der Waals surface area (Å²) in [5.41, 5.74) is 0.183. The Morgan fingerprint density at radius 3 is 2.85 bits per heavy atom. The van der Waals surface area contributed by atoms with Crippen molar-refractivity contribution in [1.29, 1.82) is 0 Å². The van der Waals surface area contributed by atoms with Crippen molar-refractivity contribution in [3.8, 4) is 0 Å². The third-order valence-electron chi connectivity index (χ3n) is 2.87. The van der Waals surface area contributed by atoms with Crippen LogP contribution < -0.4 is 4.90 Å². The van der Waals surface area contributed by atoms with Gasteiger partial charge < -0.3 is 9.64 Å². The number of carbonyl (C=O) groups excluding carboxylic acids is 2. The fourth-order valence-corrected chi connectivity index (χ4v) is 3.52. The van der Waals surface area contributed by atoms with Gasteiger partial charge in [0.2, 0.25) is 5.91 Å². The van der Waals surface area contributed by atoms with Crippen LogP contribution in [0.2, 0.25) is 0 Å². The molecule has 0 N–H and O–H groups in total. The van der Waals surface area contributed by atoms with Crippen molar-refractivity contribution < 1.29 is 26.6 Å². The number of thiophene rings is 1. The summed E-state index contributed by atoms with van der Waals surface area (Å²) in [6.07, 6.45) is -0.418. The van der Waals surface area contributed by atoms with Gasteiger partial charge in [0, 0.05) is 13.0 Å². The van der Waals surface area contributed by atoms with Crippen LogP contribution in [0.4, 0.5) is 8.89 Å². The number of hydrogen-bond acceptors (Lipinski definition) is 6. The van der Waals surface area contributed by atoms with Gasteiger partial charge in [0.05, 0.1) is 12.2 Å². The van der Waals surface area contributed by atoms with Gasteiger partial charge in [-0.3, -0.25) is 4.79 Å². The predicted molar refractivity (Wildman–Crippen MR) is 71.1 cm³/mol. The summed E-state index contributed by atoms with van der Waals surface area (Å²) in [5.74, 6) is -1.12. The first-order valence-corrected chi connectivity index (χ1v) is 8.15. The van der Waals surface area contributed by atoms with Crippen molar-refractivity contribution in [2.75, 3.05) is 18.1 Å². The number of rotatable bonds is 4. The average molecular weight is 321 g/mol. The van der Waals surface area contributed by atoms with Gasteiger partial charge in [-0.2, -0.15) is 8.42 Å². The minimum atomic E-state index is -4.78. The van der Waals surface area contributed by atoms with Gasteiger partial charge >= 0.3 is 16.2 Å². The Labute approximate surface area is 119 Å². The highest BCUT2D eigenvalue weighted by atomic mass is 32.3. The number of amides is 1. The number of hydrogen-bond donors (Lipinski definition) is 0. The fourth-order valence-electron chi connectivity index (χ4n) is 1.93. The van der Waals surface area contributed by atoms with Crippen LogP contribution in [0.5, 0.6) is 0 Å². The third-order valence-corrected chi connectivity index (χ3v) is 4.92. The summed E-state index contributed by atoms with van der Waals surface area (Å²) in [6, 6.07) is 1.49. The van der Waals surface area contributed by atoms with Crippen LogP contribution in [-0.2, 0) is 19.8 Å². The summed E-state index contributed by atoms with van der Waals surface area (Å²) in [7, 11) is -4.78. The molecule has 0 saturated carbocycles. The van der Waals surface area contributed by atoms with E-state index in [1.54, 1.807) is 12.3 Å². The predicted octanol–water partition coefficient (Wildman–Crippen LogP) is 1.33. The van der Waals surface area contributed by atoms with Crippen LogP contribution in [0.3, 0.4) is 0 Å². The number of carbonyl (C=O) groups is 2. The first-order chi connectivity index (χ1) is 9.34. The minimum absolute atomic E-state index is 0.183. The van der Waals surface area contributed by atoms with Crippen molar-refractivity contribution in [1.82, 2.24) is 0 Å². The highest BCUT2D eigenvalue weighted by molar-refractivity contribution is 7.87. The molecule has 0 aliphatic carbocycles. The molecule has 0 aromatic carbocycles. The van der Waals surface area contributed by atoms with E-state index in [1.165, 1.54) is 6.07 Å². The molecule has 6 nitrogen and oxygen atoms in total. The molecular formula is C11H12FNO5S2. The molecule has 110 valence electrons. The lowest BCUT2D eigenvalue weighted by atomic mass is 10.3. The molecule has 2 rings (SSSR count). The van der Waals surface area contributed by atoms with Gasteiger partial charge in [-0.05, 0) is 18.4 Å². The fraction of sp³-hybridized carbons (Fsp3) is 0.455. The number of esters is 1. The molecule has 1 fully saturated rings. The monoisotopic (exact) mass is 321 g/mol. The summed E-state index contributed by atoms with van der Waals surface area (Å²) in [6.45, 7) is 1.55. The zero-order valence-electron chi connectivity index (χ0n) is 10.5. The maximum atomic E-state index is 13.0. The van der Waals surface area contributed by atoms with E-state index >= 15 is 0 Å². The highest BCUT2D eigenvalue weighted by Crippen LogP contribution is 2.33. The van der Waals surface area contributed by atoms with Gasteiger partial charge in [-0.1, -0.05) is 0 Å². The third kappa shape index (κ3) is 2.83. The second-order valence-corrected chi connectivity index (χ2v) is 6.68. The van der Waals surface area contributed by atoms with Gasteiger partial charge in [0.15, 0.2) is 0 Å². The Morgan fingerprint density at radius 1 is 1.60 bits per heavy atom.